The number of ether oxygens (including phenoxy) is 3. The van der Waals surface area contributed by atoms with Crippen LogP contribution in [0.2, 0.25) is 0 Å². The Bertz CT molecular complexity index is 1230. The van der Waals surface area contributed by atoms with E-state index in [4.69, 9.17) is 18.6 Å². The molecule has 166 valence electrons. The zero-order valence-corrected chi connectivity index (χ0v) is 19.4. The molecule has 0 unspecified atom stereocenters. The van der Waals surface area contributed by atoms with Crippen molar-refractivity contribution in [3.8, 4) is 11.5 Å². The predicted octanol–water partition coefficient (Wildman–Crippen LogP) is 5.19. The first-order valence-electron chi connectivity index (χ1n) is 10.2. The molecule has 4 rings (SSSR count). The van der Waals surface area contributed by atoms with E-state index in [1.807, 2.05) is 55.7 Å². The maximum atomic E-state index is 12.0. The molecule has 7 nitrogen and oxygen atoms in total. The van der Waals surface area contributed by atoms with Gasteiger partial charge in [-0.3, -0.25) is 9.48 Å². The number of fused-ring (bicyclic) bond motifs is 1. The lowest BCUT2D eigenvalue weighted by Gasteiger charge is -2.15. The van der Waals surface area contributed by atoms with Gasteiger partial charge in [0.15, 0.2) is 5.58 Å². The molecule has 0 saturated carbocycles. The van der Waals surface area contributed by atoms with Crippen molar-refractivity contribution in [1.29, 1.82) is 0 Å². The van der Waals surface area contributed by atoms with E-state index in [1.165, 1.54) is 0 Å². The van der Waals surface area contributed by atoms with Gasteiger partial charge < -0.3 is 18.6 Å². The molecule has 0 spiro atoms. The molecule has 2 aromatic carbocycles. The summed E-state index contributed by atoms with van der Waals surface area (Å²) in [6.07, 6.45) is 3.65. The quantitative estimate of drug-likeness (QED) is 0.295. The molecular formula is C24H23BrN2O5. The van der Waals surface area contributed by atoms with E-state index in [0.29, 0.717) is 30.3 Å². The summed E-state index contributed by atoms with van der Waals surface area (Å²) < 4.78 is 25.5. The maximum Gasteiger partial charge on any atom is 0.310 e. The Morgan fingerprint density at radius 2 is 1.97 bits per heavy atom. The number of hydrogen-bond donors (Lipinski definition) is 0. The van der Waals surface area contributed by atoms with Crippen molar-refractivity contribution >= 4 is 32.9 Å². The van der Waals surface area contributed by atoms with Gasteiger partial charge in [0, 0.05) is 24.4 Å². The number of furan rings is 1. The number of carbonyl (C=O) groups excluding carboxylic acids is 1. The average molecular weight is 499 g/mol. The van der Waals surface area contributed by atoms with Gasteiger partial charge in [-0.2, -0.15) is 5.10 Å². The first-order valence-corrected chi connectivity index (χ1v) is 11.0. The summed E-state index contributed by atoms with van der Waals surface area (Å²) in [5, 5.41) is 5.21. The van der Waals surface area contributed by atoms with Gasteiger partial charge in [0.2, 0.25) is 0 Å². The second-order valence-electron chi connectivity index (χ2n) is 7.16. The number of nitrogens with zero attached hydrogens (tertiary/aromatic N) is 2. The normalized spacial score (nSPS) is 11.0. The van der Waals surface area contributed by atoms with E-state index >= 15 is 0 Å². The van der Waals surface area contributed by atoms with Crippen LogP contribution in [0.25, 0.3) is 11.0 Å². The van der Waals surface area contributed by atoms with Crippen LogP contribution in [0.15, 0.2) is 63.8 Å². The molecule has 0 radical (unpaired) electrons. The molecule has 0 atom stereocenters. The summed E-state index contributed by atoms with van der Waals surface area (Å²) in [4.78, 5) is 12.0. The highest BCUT2D eigenvalue weighted by atomic mass is 79.9. The molecule has 0 aliphatic rings. The third-order valence-electron chi connectivity index (χ3n) is 4.85. The topological polar surface area (TPSA) is 75.7 Å². The molecule has 0 aliphatic heterocycles. The van der Waals surface area contributed by atoms with Crippen LogP contribution in [-0.2, 0) is 36.2 Å². The average Bonchev–Trinajstić information content (AvgIpc) is 3.42. The Morgan fingerprint density at radius 1 is 1.12 bits per heavy atom. The van der Waals surface area contributed by atoms with Crippen LogP contribution in [0.3, 0.4) is 0 Å². The molecule has 2 aromatic heterocycles. The minimum absolute atomic E-state index is 0.150. The Kier molecular flexibility index (Phi) is 6.80. The summed E-state index contributed by atoms with van der Waals surface area (Å²) in [6, 6.07) is 13.1. The van der Waals surface area contributed by atoms with E-state index in [0.717, 1.165) is 26.7 Å². The summed E-state index contributed by atoms with van der Waals surface area (Å²) in [5.74, 6) is 1.01. The second kappa shape index (κ2) is 9.91. The number of para-hydroxylation sites is 1. The number of rotatable bonds is 9. The lowest BCUT2D eigenvalue weighted by atomic mass is 10.1. The molecule has 0 amide bonds. The lowest BCUT2D eigenvalue weighted by molar-refractivity contribution is -0.142. The molecule has 8 heteroatoms. The monoisotopic (exact) mass is 498 g/mol. The predicted molar refractivity (Wildman–Crippen MR) is 123 cm³/mol. The molecule has 0 aliphatic carbocycles. The summed E-state index contributed by atoms with van der Waals surface area (Å²) in [7, 11) is 1.87. The molecule has 0 saturated heterocycles. The number of aromatic nitrogens is 2. The van der Waals surface area contributed by atoms with Gasteiger partial charge in [-0.1, -0.05) is 18.2 Å². The SMILES string of the molecule is CCOC(=O)Cc1ccccc1OCc1cc(Br)c2occc2c1OCc1ccn(C)n1. The number of hydrogen-bond acceptors (Lipinski definition) is 6. The van der Waals surface area contributed by atoms with Crippen LogP contribution in [0.1, 0.15) is 23.7 Å². The fraction of sp³-hybridized carbons (Fsp3) is 0.250. The van der Waals surface area contributed by atoms with E-state index in [1.54, 1.807) is 17.9 Å². The molecule has 0 bridgehead atoms. The minimum Gasteiger partial charge on any atom is -0.488 e. The van der Waals surface area contributed by atoms with Crippen LogP contribution in [0, 0.1) is 0 Å². The molecule has 0 fully saturated rings. The largest absolute Gasteiger partial charge is 0.488 e. The van der Waals surface area contributed by atoms with Crippen molar-refractivity contribution in [2.45, 2.75) is 26.6 Å². The highest BCUT2D eigenvalue weighted by Crippen LogP contribution is 2.37. The molecule has 0 N–H and O–H groups in total. The Balaban J connectivity index is 1.58. The molecule has 4 aromatic rings. The third kappa shape index (κ3) is 4.96. The van der Waals surface area contributed by atoms with Crippen LogP contribution >= 0.6 is 15.9 Å². The Labute approximate surface area is 194 Å². The van der Waals surface area contributed by atoms with Crippen LogP contribution < -0.4 is 9.47 Å². The fourth-order valence-electron chi connectivity index (χ4n) is 3.41. The zero-order valence-electron chi connectivity index (χ0n) is 17.8. The lowest BCUT2D eigenvalue weighted by Crippen LogP contribution is -2.09. The molecule has 2 heterocycles. The van der Waals surface area contributed by atoms with Crippen molar-refractivity contribution in [2.75, 3.05) is 6.61 Å². The first-order chi connectivity index (χ1) is 15.5. The van der Waals surface area contributed by atoms with Gasteiger partial charge in [-0.25, -0.2) is 0 Å². The smallest absolute Gasteiger partial charge is 0.310 e. The highest BCUT2D eigenvalue weighted by Gasteiger charge is 2.17. The van der Waals surface area contributed by atoms with E-state index < -0.39 is 0 Å². The number of halogens is 1. The second-order valence-corrected chi connectivity index (χ2v) is 8.01. The standard InChI is InChI=1S/C24H23BrN2O5/c1-3-29-22(28)13-16-6-4-5-7-21(16)31-14-17-12-20(25)24-19(9-11-30-24)23(17)32-15-18-8-10-27(2)26-18/h4-12H,3,13-15H2,1-2H3. The number of carbonyl (C=O) groups is 1. The van der Waals surface area contributed by atoms with Crippen molar-refractivity contribution in [1.82, 2.24) is 9.78 Å². The zero-order chi connectivity index (χ0) is 22.5. The van der Waals surface area contributed by atoms with Crippen molar-refractivity contribution < 1.29 is 23.4 Å². The fourth-order valence-corrected chi connectivity index (χ4v) is 3.99. The van der Waals surface area contributed by atoms with E-state index in [2.05, 4.69) is 21.0 Å². The van der Waals surface area contributed by atoms with Gasteiger partial charge in [-0.15, -0.1) is 0 Å². The number of benzene rings is 2. The Morgan fingerprint density at radius 3 is 2.75 bits per heavy atom. The van der Waals surface area contributed by atoms with Crippen LogP contribution in [-0.4, -0.2) is 22.4 Å². The summed E-state index contributed by atoms with van der Waals surface area (Å²) >= 11 is 3.57. The van der Waals surface area contributed by atoms with Gasteiger partial charge >= 0.3 is 5.97 Å². The number of esters is 1. The Hall–Kier alpha value is -3.26. The van der Waals surface area contributed by atoms with Crippen LogP contribution in [0.4, 0.5) is 0 Å². The summed E-state index contributed by atoms with van der Waals surface area (Å²) in [6.45, 7) is 2.69. The van der Waals surface area contributed by atoms with Crippen molar-refractivity contribution in [3.63, 3.8) is 0 Å². The summed E-state index contributed by atoms with van der Waals surface area (Å²) in [5.41, 5.74) is 3.13. The van der Waals surface area contributed by atoms with Crippen LogP contribution in [0.5, 0.6) is 11.5 Å². The van der Waals surface area contributed by atoms with E-state index in [9.17, 15) is 4.79 Å². The van der Waals surface area contributed by atoms with Gasteiger partial charge in [0.1, 0.15) is 24.7 Å². The maximum absolute atomic E-state index is 12.0. The van der Waals surface area contributed by atoms with Crippen molar-refractivity contribution in [2.24, 2.45) is 7.05 Å². The third-order valence-corrected chi connectivity index (χ3v) is 5.44. The highest BCUT2D eigenvalue weighted by molar-refractivity contribution is 9.10. The first kappa shape index (κ1) is 22.0. The van der Waals surface area contributed by atoms with E-state index in [-0.39, 0.29) is 19.0 Å². The number of aryl methyl sites for hydroxylation is 1. The minimum atomic E-state index is -0.287. The van der Waals surface area contributed by atoms with Gasteiger partial charge in [0.05, 0.1) is 34.8 Å². The van der Waals surface area contributed by atoms with Crippen molar-refractivity contribution in [3.05, 3.63) is 76.2 Å². The van der Waals surface area contributed by atoms with Gasteiger partial charge in [0.25, 0.3) is 0 Å². The molecule has 32 heavy (non-hydrogen) atoms. The molecular weight excluding hydrogens is 476 g/mol. The van der Waals surface area contributed by atoms with Gasteiger partial charge in [-0.05, 0) is 47.1 Å².